The molecule has 0 saturated heterocycles. The van der Waals surface area contributed by atoms with Crippen LogP contribution in [0.3, 0.4) is 0 Å². The number of aryl methyl sites for hydroxylation is 1. The third kappa shape index (κ3) is 4.75. The molecule has 2 aromatic carbocycles. The van der Waals surface area contributed by atoms with Gasteiger partial charge >= 0.3 is 0 Å². The second kappa shape index (κ2) is 10.1. The largest absolute Gasteiger partial charge is 0.493 e. The fraction of sp³-hybridized carbons (Fsp3) is 0.407. The predicted molar refractivity (Wildman–Crippen MR) is 129 cm³/mol. The van der Waals surface area contributed by atoms with Gasteiger partial charge < -0.3 is 14.4 Å². The van der Waals surface area contributed by atoms with Gasteiger partial charge in [-0.15, -0.1) is 0 Å². The normalized spacial score (nSPS) is 14.4. The van der Waals surface area contributed by atoms with Crippen LogP contribution in [-0.2, 0) is 11.3 Å². The number of carbonyl (C=O) groups excluding carboxylic acids is 1. The van der Waals surface area contributed by atoms with Crippen LogP contribution in [0, 0.1) is 12.8 Å². The van der Waals surface area contributed by atoms with E-state index < -0.39 is 0 Å². The van der Waals surface area contributed by atoms with Gasteiger partial charge in [-0.2, -0.15) is 5.10 Å². The highest BCUT2D eigenvalue weighted by Gasteiger charge is 2.33. The van der Waals surface area contributed by atoms with Gasteiger partial charge in [-0.05, 0) is 57.4 Å². The van der Waals surface area contributed by atoms with E-state index >= 15 is 0 Å². The van der Waals surface area contributed by atoms with Crippen molar-refractivity contribution in [2.75, 3.05) is 7.11 Å². The molecule has 1 amide bonds. The Bertz CT molecular complexity index is 1090. The lowest BCUT2D eigenvalue weighted by Crippen LogP contribution is -2.43. The molecule has 1 fully saturated rings. The molecule has 174 valence electrons. The summed E-state index contributed by atoms with van der Waals surface area (Å²) in [4.78, 5) is 15.3. The molecule has 3 aromatic rings. The van der Waals surface area contributed by atoms with Gasteiger partial charge in [-0.1, -0.05) is 43.7 Å². The van der Waals surface area contributed by atoms with Crippen molar-refractivity contribution < 1.29 is 14.3 Å². The van der Waals surface area contributed by atoms with Crippen LogP contribution in [0.15, 0.2) is 54.6 Å². The topological polar surface area (TPSA) is 56.6 Å². The minimum Gasteiger partial charge on any atom is -0.493 e. The van der Waals surface area contributed by atoms with Crippen LogP contribution in [0.25, 0.3) is 5.69 Å². The fourth-order valence-electron chi connectivity index (χ4n) is 4.11. The highest BCUT2D eigenvalue weighted by molar-refractivity contribution is 5.80. The van der Waals surface area contributed by atoms with Crippen molar-refractivity contribution >= 4 is 5.91 Å². The van der Waals surface area contributed by atoms with Crippen LogP contribution < -0.4 is 9.47 Å². The Morgan fingerprint density at radius 3 is 2.39 bits per heavy atom. The Hall–Kier alpha value is -3.28. The molecule has 6 heteroatoms. The number of hydrogen-bond donors (Lipinski definition) is 0. The zero-order valence-electron chi connectivity index (χ0n) is 20.0. The SMILES string of the molecule is CC[C@@H](C)N(Cc1c(C)nn(-c2ccccc2)c1Oc1ccccc1OC)C(=O)C1CCC1. The molecule has 0 bridgehead atoms. The van der Waals surface area contributed by atoms with Crippen LogP contribution >= 0.6 is 0 Å². The third-order valence-corrected chi connectivity index (χ3v) is 6.60. The average molecular weight is 448 g/mol. The molecular formula is C27H33N3O3. The first-order valence-electron chi connectivity index (χ1n) is 11.8. The van der Waals surface area contributed by atoms with Gasteiger partial charge in [0.1, 0.15) is 0 Å². The van der Waals surface area contributed by atoms with Crippen molar-refractivity contribution in [2.24, 2.45) is 5.92 Å². The van der Waals surface area contributed by atoms with Gasteiger partial charge in [0, 0.05) is 12.0 Å². The monoisotopic (exact) mass is 447 g/mol. The summed E-state index contributed by atoms with van der Waals surface area (Å²) < 4.78 is 13.8. The third-order valence-electron chi connectivity index (χ3n) is 6.60. The Morgan fingerprint density at radius 2 is 1.79 bits per heavy atom. The number of amides is 1. The minimum atomic E-state index is 0.136. The van der Waals surface area contributed by atoms with E-state index in [9.17, 15) is 4.79 Å². The molecule has 33 heavy (non-hydrogen) atoms. The number of methoxy groups -OCH3 is 1. The van der Waals surface area contributed by atoms with Crippen molar-refractivity contribution in [2.45, 2.75) is 59.0 Å². The van der Waals surface area contributed by atoms with E-state index in [2.05, 4.69) is 13.8 Å². The highest BCUT2D eigenvalue weighted by atomic mass is 16.5. The summed E-state index contributed by atoms with van der Waals surface area (Å²) in [6.07, 6.45) is 4.00. The first kappa shape index (κ1) is 22.9. The molecule has 1 aliphatic carbocycles. The number of ether oxygens (including phenoxy) is 2. The van der Waals surface area contributed by atoms with E-state index in [1.54, 1.807) is 7.11 Å². The van der Waals surface area contributed by atoms with Crippen LogP contribution in [0.4, 0.5) is 0 Å². The predicted octanol–water partition coefficient (Wildman–Crippen LogP) is 5.91. The zero-order chi connectivity index (χ0) is 23.4. The lowest BCUT2D eigenvalue weighted by molar-refractivity contribution is -0.141. The smallest absolute Gasteiger partial charge is 0.228 e. The number of aromatic nitrogens is 2. The average Bonchev–Trinajstić information content (AvgIpc) is 3.11. The molecule has 4 rings (SSSR count). The molecule has 0 unspecified atom stereocenters. The van der Waals surface area contributed by atoms with E-state index in [4.69, 9.17) is 14.6 Å². The maximum atomic E-state index is 13.3. The number of carbonyl (C=O) groups is 1. The molecule has 1 atom stereocenters. The van der Waals surface area contributed by atoms with E-state index in [0.717, 1.165) is 42.6 Å². The molecule has 1 saturated carbocycles. The second-order valence-electron chi connectivity index (χ2n) is 8.72. The lowest BCUT2D eigenvalue weighted by atomic mass is 9.84. The van der Waals surface area contributed by atoms with Gasteiger partial charge in [0.15, 0.2) is 11.5 Å². The molecule has 0 radical (unpaired) electrons. The first-order chi connectivity index (χ1) is 16.0. The maximum absolute atomic E-state index is 13.3. The molecule has 1 heterocycles. The maximum Gasteiger partial charge on any atom is 0.228 e. The molecule has 1 aliphatic rings. The Kier molecular flexibility index (Phi) is 7.02. The quantitative estimate of drug-likeness (QED) is 0.409. The van der Waals surface area contributed by atoms with Crippen LogP contribution in [0.2, 0.25) is 0 Å². The van der Waals surface area contributed by atoms with Gasteiger partial charge in [-0.3, -0.25) is 4.79 Å². The van der Waals surface area contributed by atoms with Crippen LogP contribution in [0.5, 0.6) is 17.4 Å². The van der Waals surface area contributed by atoms with E-state index in [-0.39, 0.29) is 17.9 Å². The molecule has 6 nitrogen and oxygen atoms in total. The van der Waals surface area contributed by atoms with Gasteiger partial charge in [0.25, 0.3) is 0 Å². The number of nitrogens with zero attached hydrogens (tertiary/aromatic N) is 3. The summed E-state index contributed by atoms with van der Waals surface area (Å²) in [6.45, 7) is 6.69. The molecule has 1 aromatic heterocycles. The van der Waals surface area contributed by atoms with E-state index in [1.807, 2.05) is 71.1 Å². The summed E-state index contributed by atoms with van der Waals surface area (Å²) >= 11 is 0. The highest BCUT2D eigenvalue weighted by Crippen LogP contribution is 2.37. The van der Waals surface area contributed by atoms with E-state index in [0.29, 0.717) is 23.9 Å². The number of hydrogen-bond acceptors (Lipinski definition) is 4. The van der Waals surface area contributed by atoms with Crippen molar-refractivity contribution in [3.8, 4) is 23.1 Å². The molecule has 0 spiro atoms. The van der Waals surface area contributed by atoms with Crippen molar-refractivity contribution in [3.05, 3.63) is 65.9 Å². The molecular weight excluding hydrogens is 414 g/mol. The summed E-state index contributed by atoms with van der Waals surface area (Å²) in [7, 11) is 1.63. The molecule has 0 aliphatic heterocycles. The van der Waals surface area contributed by atoms with E-state index in [1.165, 1.54) is 0 Å². The van der Waals surface area contributed by atoms with Crippen LogP contribution in [-0.4, -0.2) is 33.7 Å². The summed E-state index contributed by atoms with van der Waals surface area (Å²) in [5, 5.41) is 4.82. The Balaban J connectivity index is 1.78. The standard InChI is InChI=1S/C27H33N3O3/c1-5-19(2)29(26(31)21-12-11-13-21)18-23-20(3)28-30(22-14-7-6-8-15-22)27(23)33-25-17-10-9-16-24(25)32-4/h6-10,14-17,19,21H,5,11-13,18H2,1-4H3/t19-/m1/s1. The molecule has 0 N–H and O–H groups in total. The van der Waals surface area contributed by atoms with Crippen molar-refractivity contribution in [1.29, 1.82) is 0 Å². The Morgan fingerprint density at radius 1 is 1.12 bits per heavy atom. The number of benzene rings is 2. The fourth-order valence-corrected chi connectivity index (χ4v) is 4.11. The summed E-state index contributed by atoms with van der Waals surface area (Å²) in [5.41, 5.74) is 2.66. The Labute approximate surface area is 196 Å². The zero-order valence-corrected chi connectivity index (χ0v) is 20.0. The van der Waals surface area contributed by atoms with Gasteiger partial charge in [0.05, 0.1) is 30.6 Å². The second-order valence-corrected chi connectivity index (χ2v) is 8.72. The minimum absolute atomic E-state index is 0.136. The van der Waals surface area contributed by atoms with Crippen molar-refractivity contribution in [3.63, 3.8) is 0 Å². The summed E-state index contributed by atoms with van der Waals surface area (Å²) in [5.74, 6) is 2.25. The lowest BCUT2D eigenvalue weighted by Gasteiger charge is -2.35. The summed E-state index contributed by atoms with van der Waals surface area (Å²) in [6, 6.07) is 17.6. The number of rotatable bonds is 9. The van der Waals surface area contributed by atoms with Gasteiger partial charge in [-0.25, -0.2) is 4.68 Å². The van der Waals surface area contributed by atoms with Crippen LogP contribution in [0.1, 0.15) is 50.8 Å². The first-order valence-corrected chi connectivity index (χ1v) is 11.8. The van der Waals surface area contributed by atoms with Gasteiger partial charge in [0.2, 0.25) is 11.8 Å². The van der Waals surface area contributed by atoms with Crippen molar-refractivity contribution in [1.82, 2.24) is 14.7 Å². The number of para-hydroxylation sites is 3.